The SMILES string of the molecule is CCOCc1ccc(CNC(=O)c2ccccc2NC(=O)c2ccccc2Br)cc1. The molecule has 0 saturated carbocycles. The minimum absolute atomic E-state index is 0.253. The van der Waals surface area contributed by atoms with E-state index in [1.54, 1.807) is 42.5 Å². The molecule has 3 rings (SSSR count). The van der Waals surface area contributed by atoms with Gasteiger partial charge in [-0.1, -0.05) is 48.5 Å². The van der Waals surface area contributed by atoms with Crippen LogP contribution in [0.5, 0.6) is 0 Å². The summed E-state index contributed by atoms with van der Waals surface area (Å²) in [4.78, 5) is 25.4. The molecule has 0 atom stereocenters. The lowest BCUT2D eigenvalue weighted by molar-refractivity contribution is 0.0951. The lowest BCUT2D eigenvalue weighted by Crippen LogP contribution is -2.25. The average molecular weight is 467 g/mol. The van der Waals surface area contributed by atoms with E-state index >= 15 is 0 Å². The van der Waals surface area contributed by atoms with E-state index in [-0.39, 0.29) is 11.8 Å². The smallest absolute Gasteiger partial charge is 0.256 e. The zero-order chi connectivity index (χ0) is 21.3. The number of ether oxygens (including phenoxy) is 1. The first-order chi connectivity index (χ1) is 14.6. The van der Waals surface area contributed by atoms with Crippen molar-refractivity contribution in [2.24, 2.45) is 0 Å². The number of benzene rings is 3. The molecule has 0 aromatic heterocycles. The van der Waals surface area contributed by atoms with Gasteiger partial charge in [0.15, 0.2) is 0 Å². The summed E-state index contributed by atoms with van der Waals surface area (Å²) < 4.78 is 6.08. The predicted molar refractivity (Wildman–Crippen MR) is 121 cm³/mol. The number of halogens is 1. The van der Waals surface area contributed by atoms with Crippen molar-refractivity contribution in [2.45, 2.75) is 20.1 Å². The molecule has 0 bridgehead atoms. The monoisotopic (exact) mass is 466 g/mol. The van der Waals surface area contributed by atoms with Crippen molar-refractivity contribution in [2.75, 3.05) is 11.9 Å². The maximum absolute atomic E-state index is 12.7. The van der Waals surface area contributed by atoms with Crippen LogP contribution in [0.15, 0.2) is 77.3 Å². The van der Waals surface area contributed by atoms with Crippen molar-refractivity contribution in [1.29, 1.82) is 0 Å². The zero-order valence-electron chi connectivity index (χ0n) is 16.7. The van der Waals surface area contributed by atoms with E-state index in [2.05, 4.69) is 26.6 Å². The van der Waals surface area contributed by atoms with Crippen LogP contribution in [0.1, 0.15) is 38.8 Å². The summed E-state index contributed by atoms with van der Waals surface area (Å²) in [7, 11) is 0. The number of nitrogens with one attached hydrogen (secondary N) is 2. The molecule has 0 saturated heterocycles. The van der Waals surface area contributed by atoms with Crippen molar-refractivity contribution >= 4 is 33.4 Å². The highest BCUT2D eigenvalue weighted by Gasteiger charge is 2.15. The van der Waals surface area contributed by atoms with Crippen LogP contribution in [-0.2, 0) is 17.9 Å². The Kier molecular flexibility index (Phi) is 7.76. The van der Waals surface area contributed by atoms with Gasteiger partial charge in [-0.05, 0) is 58.2 Å². The second-order valence-corrected chi connectivity index (χ2v) is 7.47. The molecular formula is C24H23BrN2O3. The first-order valence-electron chi connectivity index (χ1n) is 9.67. The Morgan fingerprint density at radius 2 is 1.47 bits per heavy atom. The fourth-order valence-electron chi connectivity index (χ4n) is 2.88. The van der Waals surface area contributed by atoms with E-state index in [9.17, 15) is 9.59 Å². The van der Waals surface area contributed by atoms with Crippen molar-refractivity contribution < 1.29 is 14.3 Å². The van der Waals surface area contributed by atoms with Crippen molar-refractivity contribution in [1.82, 2.24) is 5.32 Å². The molecule has 0 aliphatic heterocycles. The Balaban J connectivity index is 1.65. The lowest BCUT2D eigenvalue weighted by atomic mass is 10.1. The topological polar surface area (TPSA) is 67.4 Å². The van der Waals surface area contributed by atoms with Gasteiger partial charge < -0.3 is 15.4 Å². The molecule has 0 heterocycles. The molecule has 3 aromatic rings. The minimum atomic E-state index is -0.285. The van der Waals surface area contributed by atoms with Gasteiger partial charge in [-0.2, -0.15) is 0 Å². The van der Waals surface area contributed by atoms with E-state index in [0.29, 0.717) is 41.0 Å². The van der Waals surface area contributed by atoms with Crippen LogP contribution in [0.4, 0.5) is 5.69 Å². The Bertz CT molecular complexity index is 1020. The van der Waals surface area contributed by atoms with Crippen LogP contribution < -0.4 is 10.6 Å². The largest absolute Gasteiger partial charge is 0.377 e. The molecule has 5 nitrogen and oxygen atoms in total. The Morgan fingerprint density at radius 1 is 0.833 bits per heavy atom. The Labute approximate surface area is 184 Å². The van der Waals surface area contributed by atoms with Gasteiger partial charge in [0.2, 0.25) is 0 Å². The molecule has 0 unspecified atom stereocenters. The molecule has 2 N–H and O–H groups in total. The number of hydrogen-bond acceptors (Lipinski definition) is 3. The maximum Gasteiger partial charge on any atom is 0.256 e. The Morgan fingerprint density at radius 3 is 2.17 bits per heavy atom. The Hall–Kier alpha value is -2.96. The van der Waals surface area contributed by atoms with Gasteiger partial charge in [-0.15, -0.1) is 0 Å². The molecule has 3 aromatic carbocycles. The van der Waals surface area contributed by atoms with E-state index in [1.807, 2.05) is 37.3 Å². The van der Waals surface area contributed by atoms with Gasteiger partial charge in [0.1, 0.15) is 0 Å². The maximum atomic E-state index is 12.7. The summed E-state index contributed by atoms with van der Waals surface area (Å²) in [6, 6.07) is 22.0. The van der Waals surface area contributed by atoms with Crippen LogP contribution in [-0.4, -0.2) is 18.4 Å². The number of carbonyl (C=O) groups is 2. The first kappa shape index (κ1) is 21.7. The summed E-state index contributed by atoms with van der Waals surface area (Å²) in [5.74, 6) is -0.538. The van der Waals surface area contributed by atoms with Gasteiger partial charge in [0.25, 0.3) is 11.8 Å². The summed E-state index contributed by atoms with van der Waals surface area (Å²) >= 11 is 3.38. The summed E-state index contributed by atoms with van der Waals surface area (Å²) in [5, 5.41) is 5.74. The molecule has 2 amide bonds. The average Bonchev–Trinajstić information content (AvgIpc) is 2.77. The molecule has 0 radical (unpaired) electrons. The molecule has 0 aliphatic rings. The normalized spacial score (nSPS) is 10.5. The number of hydrogen-bond donors (Lipinski definition) is 2. The molecule has 0 fully saturated rings. The highest BCUT2D eigenvalue weighted by molar-refractivity contribution is 9.10. The fraction of sp³-hybridized carbons (Fsp3) is 0.167. The van der Waals surface area contributed by atoms with Crippen molar-refractivity contribution in [3.05, 3.63) is 99.5 Å². The van der Waals surface area contributed by atoms with E-state index in [0.717, 1.165) is 11.1 Å². The fourth-order valence-corrected chi connectivity index (χ4v) is 3.34. The van der Waals surface area contributed by atoms with Crippen LogP contribution in [0.2, 0.25) is 0 Å². The number of amides is 2. The molecule has 30 heavy (non-hydrogen) atoms. The van der Waals surface area contributed by atoms with Crippen molar-refractivity contribution in [3.8, 4) is 0 Å². The van der Waals surface area contributed by atoms with E-state index in [4.69, 9.17) is 4.74 Å². The van der Waals surface area contributed by atoms with Gasteiger partial charge >= 0.3 is 0 Å². The molecule has 0 spiro atoms. The number of para-hydroxylation sites is 1. The summed E-state index contributed by atoms with van der Waals surface area (Å²) in [5.41, 5.74) is 3.44. The third-order valence-electron chi connectivity index (χ3n) is 4.49. The predicted octanol–water partition coefficient (Wildman–Crippen LogP) is 5.17. The first-order valence-corrected chi connectivity index (χ1v) is 10.5. The van der Waals surface area contributed by atoms with Crippen LogP contribution in [0.3, 0.4) is 0 Å². The van der Waals surface area contributed by atoms with Gasteiger partial charge in [-0.25, -0.2) is 0 Å². The van der Waals surface area contributed by atoms with Crippen LogP contribution in [0, 0.1) is 0 Å². The standard InChI is InChI=1S/C24H23BrN2O3/c1-2-30-16-18-13-11-17(12-14-18)15-26-23(28)20-8-4-6-10-22(20)27-24(29)19-7-3-5-9-21(19)25/h3-14H,2,15-16H2,1H3,(H,26,28)(H,27,29). The second kappa shape index (κ2) is 10.7. The number of anilines is 1. The van der Waals surface area contributed by atoms with E-state index < -0.39 is 0 Å². The molecule has 6 heteroatoms. The molecule has 154 valence electrons. The third kappa shape index (κ3) is 5.78. The zero-order valence-corrected chi connectivity index (χ0v) is 18.2. The third-order valence-corrected chi connectivity index (χ3v) is 5.18. The number of rotatable bonds is 8. The second-order valence-electron chi connectivity index (χ2n) is 6.62. The summed E-state index contributed by atoms with van der Waals surface area (Å²) in [6.07, 6.45) is 0. The van der Waals surface area contributed by atoms with Crippen LogP contribution in [0.25, 0.3) is 0 Å². The van der Waals surface area contributed by atoms with Gasteiger partial charge in [0.05, 0.1) is 23.4 Å². The lowest BCUT2D eigenvalue weighted by Gasteiger charge is -2.12. The van der Waals surface area contributed by atoms with Crippen molar-refractivity contribution in [3.63, 3.8) is 0 Å². The van der Waals surface area contributed by atoms with Gasteiger partial charge in [-0.3, -0.25) is 9.59 Å². The molecular weight excluding hydrogens is 444 g/mol. The molecule has 0 aliphatic carbocycles. The summed E-state index contributed by atoms with van der Waals surface area (Å²) in [6.45, 7) is 3.60. The number of carbonyl (C=O) groups excluding carboxylic acids is 2. The highest BCUT2D eigenvalue weighted by Crippen LogP contribution is 2.20. The highest BCUT2D eigenvalue weighted by atomic mass is 79.9. The van der Waals surface area contributed by atoms with E-state index in [1.165, 1.54) is 0 Å². The quantitative estimate of drug-likeness (QED) is 0.481. The van der Waals surface area contributed by atoms with Crippen LogP contribution >= 0.6 is 15.9 Å². The minimum Gasteiger partial charge on any atom is -0.377 e. The van der Waals surface area contributed by atoms with Gasteiger partial charge in [0, 0.05) is 17.6 Å².